The summed E-state index contributed by atoms with van der Waals surface area (Å²) in [5.41, 5.74) is 7.14. The Hall–Kier alpha value is 1.06. The molecule has 6 fully saturated rings. The molecule has 0 radical (unpaired) electrons. The van der Waals surface area contributed by atoms with Crippen molar-refractivity contribution in [1.29, 1.82) is 0 Å². The van der Waals surface area contributed by atoms with Crippen LogP contribution in [0.1, 0.15) is 193 Å². The zero-order valence-corrected chi connectivity index (χ0v) is 30.4. The van der Waals surface area contributed by atoms with Crippen LogP contribution in [0.15, 0.2) is 0 Å². The van der Waals surface area contributed by atoms with Crippen molar-refractivity contribution < 1.29 is 22.6 Å². The zero-order chi connectivity index (χ0) is 28.5. The quantitative estimate of drug-likeness (QED) is 0.200. The van der Waals surface area contributed by atoms with E-state index in [0.29, 0.717) is 15.8 Å². The SMILES string of the molecule is C1CCC(P(C2CCCCC2)C2CCCCC2)CC1.C1CCC(P(C2CCCCC2)C2CCCCC2)CC1.O=[C]=[Ru]. The Balaban J connectivity index is 0.000000173. The summed E-state index contributed by atoms with van der Waals surface area (Å²) in [6, 6.07) is 0. The molecule has 6 rings (SSSR count). The van der Waals surface area contributed by atoms with Crippen molar-refractivity contribution in [1.82, 2.24) is 0 Å². The van der Waals surface area contributed by atoms with Gasteiger partial charge in [0, 0.05) is 0 Å². The van der Waals surface area contributed by atoms with Crippen LogP contribution in [0.2, 0.25) is 0 Å². The molecule has 6 aliphatic rings. The minimum absolute atomic E-state index is 0.385. The third-order valence-corrected chi connectivity index (χ3v) is 20.1. The summed E-state index contributed by atoms with van der Waals surface area (Å²) < 4.78 is 1.43. The van der Waals surface area contributed by atoms with Gasteiger partial charge in [-0.1, -0.05) is 131 Å². The summed E-state index contributed by atoms with van der Waals surface area (Å²) in [7, 11) is 0.770. The first-order chi connectivity index (χ1) is 20.3. The molecule has 6 aliphatic carbocycles. The van der Waals surface area contributed by atoms with Gasteiger partial charge in [-0.25, -0.2) is 0 Å². The first kappa shape index (κ1) is 34.9. The van der Waals surface area contributed by atoms with Crippen molar-refractivity contribution in [3.63, 3.8) is 0 Å². The standard InChI is InChI=1S/2C18H33P.CO.Ru/c2*1-4-10-16(11-5-1)19(17-12-6-2-7-13-17)18-14-8-3-9-15-18;1-2;/h2*16-18H,1-15H2;;. The van der Waals surface area contributed by atoms with E-state index >= 15 is 0 Å². The third-order valence-electron chi connectivity index (χ3n) is 12.0. The zero-order valence-electron chi connectivity index (χ0n) is 26.8. The summed E-state index contributed by atoms with van der Waals surface area (Å²) in [4.78, 5) is 8.65. The number of rotatable bonds is 6. The number of carbonyl (C=O) groups excluding carboxylic acids is 1. The molecule has 238 valence electrons. The summed E-state index contributed by atoms with van der Waals surface area (Å²) in [6.45, 7) is 0. The Labute approximate surface area is 268 Å². The molecule has 0 aliphatic heterocycles. The molecule has 0 amide bonds. The van der Waals surface area contributed by atoms with Crippen LogP contribution in [0.3, 0.4) is 0 Å². The molecule has 0 N–H and O–H groups in total. The van der Waals surface area contributed by atoms with E-state index in [-0.39, 0.29) is 0 Å². The Morgan fingerprint density at radius 3 is 0.561 bits per heavy atom. The monoisotopic (exact) mass is 690 g/mol. The van der Waals surface area contributed by atoms with Crippen LogP contribution in [0.4, 0.5) is 0 Å². The second-order valence-corrected chi connectivity index (χ2v) is 21.2. The van der Waals surface area contributed by atoms with E-state index in [2.05, 4.69) is 0 Å². The van der Waals surface area contributed by atoms with Gasteiger partial charge in [0.25, 0.3) is 0 Å². The molecule has 0 unspecified atom stereocenters. The molecule has 0 aromatic carbocycles. The van der Waals surface area contributed by atoms with Crippen molar-refractivity contribution in [2.24, 2.45) is 0 Å². The number of hydrogen-bond donors (Lipinski definition) is 0. The van der Waals surface area contributed by atoms with E-state index in [1.165, 1.54) is 77.0 Å². The predicted octanol–water partition coefficient (Wildman–Crippen LogP) is 12.5. The average molecular weight is 690 g/mol. The first-order valence-corrected chi connectivity index (χ1v) is 22.8. The van der Waals surface area contributed by atoms with Gasteiger partial charge in [-0.05, 0) is 111 Å². The third kappa shape index (κ3) is 11.7. The van der Waals surface area contributed by atoms with Crippen molar-refractivity contribution in [3.05, 3.63) is 0 Å². The van der Waals surface area contributed by atoms with Crippen LogP contribution >= 0.6 is 15.8 Å². The van der Waals surface area contributed by atoms with Crippen molar-refractivity contribution in [2.75, 3.05) is 0 Å². The molecule has 0 heterocycles. The van der Waals surface area contributed by atoms with Gasteiger partial charge in [0.2, 0.25) is 0 Å². The normalized spacial score (nSPS) is 27.0. The van der Waals surface area contributed by atoms with Gasteiger partial charge in [0.15, 0.2) is 0 Å². The van der Waals surface area contributed by atoms with Gasteiger partial charge in [-0.2, -0.15) is 0 Å². The Morgan fingerprint density at radius 2 is 0.439 bits per heavy atom. The second-order valence-electron chi connectivity index (χ2n) is 14.7. The second kappa shape index (κ2) is 21.0. The van der Waals surface area contributed by atoms with E-state index < -0.39 is 0 Å². The van der Waals surface area contributed by atoms with Crippen molar-refractivity contribution >= 4 is 20.3 Å². The van der Waals surface area contributed by atoms with Crippen LogP contribution in [-0.4, -0.2) is 38.4 Å². The van der Waals surface area contributed by atoms with Crippen LogP contribution in [0, 0.1) is 0 Å². The Kier molecular flexibility index (Phi) is 17.9. The fourth-order valence-electron chi connectivity index (χ4n) is 10.1. The first-order valence-electron chi connectivity index (χ1n) is 18.8. The fraction of sp³-hybridized carbons (Fsp3) is 0.973. The van der Waals surface area contributed by atoms with Gasteiger partial charge in [-0.15, -0.1) is 0 Å². The van der Waals surface area contributed by atoms with Gasteiger partial charge < -0.3 is 0 Å². The van der Waals surface area contributed by atoms with E-state index in [1.54, 1.807) is 172 Å². The topological polar surface area (TPSA) is 17.1 Å². The molecule has 0 aromatic rings. The van der Waals surface area contributed by atoms with E-state index in [4.69, 9.17) is 4.79 Å². The molecule has 0 saturated heterocycles. The number of hydrogen-bond acceptors (Lipinski definition) is 1. The summed E-state index contributed by atoms with van der Waals surface area (Å²) in [5, 5.41) is 0. The Bertz CT molecular complexity index is 548. The molecule has 1 nitrogen and oxygen atoms in total. The van der Waals surface area contributed by atoms with E-state index in [1.807, 2.05) is 0 Å². The summed E-state index contributed by atoms with van der Waals surface area (Å²) in [5.74, 6) is 0. The van der Waals surface area contributed by atoms with Crippen LogP contribution in [-0.2, 0) is 22.6 Å². The molecule has 0 spiro atoms. The van der Waals surface area contributed by atoms with Crippen LogP contribution < -0.4 is 0 Å². The van der Waals surface area contributed by atoms with E-state index in [0.717, 1.165) is 0 Å². The van der Waals surface area contributed by atoms with Crippen molar-refractivity contribution in [3.8, 4) is 0 Å². The van der Waals surface area contributed by atoms with Gasteiger partial charge >= 0.3 is 27.1 Å². The minimum atomic E-state index is 0.385. The van der Waals surface area contributed by atoms with Crippen molar-refractivity contribution in [2.45, 2.75) is 227 Å². The van der Waals surface area contributed by atoms with Crippen LogP contribution in [0.25, 0.3) is 0 Å². The van der Waals surface area contributed by atoms with Gasteiger partial charge in [0.05, 0.1) is 0 Å². The Morgan fingerprint density at radius 1 is 0.317 bits per heavy atom. The fourth-order valence-corrected chi connectivity index (χ4v) is 19.4. The molecule has 0 aromatic heterocycles. The van der Waals surface area contributed by atoms with Crippen LogP contribution in [0.5, 0.6) is 0 Å². The molecular formula is C37H66OP2Ru. The molecule has 41 heavy (non-hydrogen) atoms. The average Bonchev–Trinajstić information content (AvgIpc) is 3.05. The van der Waals surface area contributed by atoms with Gasteiger partial charge in [-0.3, -0.25) is 0 Å². The maximum atomic E-state index is 8.65. The molecule has 0 atom stereocenters. The molecule has 4 heteroatoms. The molecule has 0 bridgehead atoms. The maximum absolute atomic E-state index is 8.65. The summed E-state index contributed by atoms with van der Waals surface area (Å²) >= 11 is 1.70. The van der Waals surface area contributed by atoms with E-state index in [9.17, 15) is 0 Å². The van der Waals surface area contributed by atoms with Gasteiger partial charge in [0.1, 0.15) is 0 Å². The molecule has 6 saturated carbocycles. The summed E-state index contributed by atoms with van der Waals surface area (Å²) in [6.07, 6.45) is 47.2. The molecular weight excluding hydrogens is 623 g/mol. The predicted molar refractivity (Wildman–Crippen MR) is 181 cm³/mol.